The van der Waals surface area contributed by atoms with E-state index in [0.717, 1.165) is 0 Å². The van der Waals surface area contributed by atoms with Crippen LogP contribution < -0.4 is 5.32 Å². The molecule has 0 radical (unpaired) electrons. The van der Waals surface area contributed by atoms with E-state index in [9.17, 15) is 18.0 Å². The molecule has 0 aliphatic rings. The molecule has 0 bridgehead atoms. The molecule has 4 nitrogen and oxygen atoms in total. The Kier molecular flexibility index (Phi) is 5.47. The molecule has 0 rings (SSSR count). The lowest BCUT2D eigenvalue weighted by Gasteiger charge is -2.14. The topological polar surface area (TPSA) is 69.6 Å². The van der Waals surface area contributed by atoms with Gasteiger partial charge in [0, 0.05) is 13.0 Å². The van der Waals surface area contributed by atoms with Gasteiger partial charge in [0.05, 0.1) is 0 Å². The molecule has 0 aliphatic carbocycles. The molecular weight excluding hydrogens is 203 g/mol. The second-order valence-corrected chi connectivity index (χ2v) is 2.76. The first-order valence-electron chi connectivity index (χ1n) is 4.01. The van der Waals surface area contributed by atoms with E-state index < -0.39 is 24.8 Å². The number of carboxylic acids is 1. The summed E-state index contributed by atoms with van der Waals surface area (Å²) in [7, 11) is 0. The number of carboxylic acid groups (broad SMARTS) is 1. The molecule has 0 saturated heterocycles. The first-order chi connectivity index (χ1) is 6.34. The van der Waals surface area contributed by atoms with Crippen LogP contribution in [0.25, 0.3) is 0 Å². The smallest absolute Gasteiger partial charge is 0.415 e. The molecular formula is C7H12F3NO3. The fourth-order valence-corrected chi connectivity index (χ4v) is 0.719. The Hall–Kier alpha value is -0.820. The Morgan fingerprint density at radius 3 is 2.43 bits per heavy atom. The number of carbonyl (C=O) groups is 1. The predicted molar refractivity (Wildman–Crippen MR) is 41.8 cm³/mol. The number of nitrogens with one attached hydrogen (secondary N) is 1. The van der Waals surface area contributed by atoms with Crippen molar-refractivity contribution in [2.45, 2.75) is 25.1 Å². The number of hydrogen-bond donors (Lipinski definition) is 3. The average molecular weight is 215 g/mol. The summed E-state index contributed by atoms with van der Waals surface area (Å²) in [5, 5.41) is 19.0. The predicted octanol–water partition coefficient (Wildman–Crippen LogP) is 0.364. The van der Waals surface area contributed by atoms with Crippen molar-refractivity contribution in [3.05, 3.63) is 0 Å². The standard InChI is InChI=1S/C7H12F3NO3/c8-7(9,10)5(12)4-11-3-1-2-6(13)14/h5,11-12H,1-4H2,(H,13,14). The summed E-state index contributed by atoms with van der Waals surface area (Å²) in [6.07, 6.45) is -6.89. The zero-order valence-electron chi connectivity index (χ0n) is 7.34. The first kappa shape index (κ1) is 13.2. The van der Waals surface area contributed by atoms with Crippen molar-refractivity contribution in [3.8, 4) is 0 Å². The van der Waals surface area contributed by atoms with Gasteiger partial charge < -0.3 is 15.5 Å². The van der Waals surface area contributed by atoms with E-state index in [4.69, 9.17) is 10.2 Å². The van der Waals surface area contributed by atoms with Crippen LogP contribution in [0.2, 0.25) is 0 Å². The van der Waals surface area contributed by atoms with Crippen molar-refractivity contribution in [1.29, 1.82) is 0 Å². The number of aliphatic carboxylic acids is 1. The molecule has 1 atom stereocenters. The zero-order valence-corrected chi connectivity index (χ0v) is 7.34. The Bertz CT molecular complexity index is 184. The van der Waals surface area contributed by atoms with Gasteiger partial charge in [-0.15, -0.1) is 0 Å². The lowest BCUT2D eigenvalue weighted by atomic mass is 10.3. The minimum Gasteiger partial charge on any atom is -0.481 e. The van der Waals surface area contributed by atoms with Crippen molar-refractivity contribution in [2.24, 2.45) is 0 Å². The number of hydrogen-bond acceptors (Lipinski definition) is 3. The second kappa shape index (κ2) is 5.82. The molecule has 14 heavy (non-hydrogen) atoms. The van der Waals surface area contributed by atoms with Crippen LogP contribution in [0.5, 0.6) is 0 Å². The maximum atomic E-state index is 11.7. The van der Waals surface area contributed by atoms with Crippen molar-refractivity contribution in [3.63, 3.8) is 0 Å². The second-order valence-electron chi connectivity index (χ2n) is 2.76. The first-order valence-corrected chi connectivity index (χ1v) is 4.01. The zero-order chi connectivity index (χ0) is 11.2. The molecule has 0 aromatic heterocycles. The number of alkyl halides is 3. The van der Waals surface area contributed by atoms with Gasteiger partial charge in [-0.2, -0.15) is 13.2 Å². The highest BCUT2D eigenvalue weighted by Gasteiger charge is 2.37. The van der Waals surface area contributed by atoms with Crippen LogP contribution in [0, 0.1) is 0 Å². The van der Waals surface area contributed by atoms with Crippen LogP contribution in [0.15, 0.2) is 0 Å². The van der Waals surface area contributed by atoms with Gasteiger partial charge >= 0.3 is 12.1 Å². The lowest BCUT2D eigenvalue weighted by Crippen LogP contribution is -2.38. The van der Waals surface area contributed by atoms with Gasteiger partial charge in [0.25, 0.3) is 0 Å². The van der Waals surface area contributed by atoms with E-state index >= 15 is 0 Å². The van der Waals surface area contributed by atoms with Crippen LogP contribution in [-0.2, 0) is 4.79 Å². The van der Waals surface area contributed by atoms with Crippen LogP contribution in [0.1, 0.15) is 12.8 Å². The third kappa shape index (κ3) is 6.67. The third-order valence-corrected chi connectivity index (χ3v) is 1.46. The van der Waals surface area contributed by atoms with Gasteiger partial charge in [-0.05, 0) is 13.0 Å². The molecule has 0 saturated carbocycles. The van der Waals surface area contributed by atoms with E-state index in [-0.39, 0.29) is 19.4 Å². The maximum Gasteiger partial charge on any atom is 0.415 e. The normalized spacial score (nSPS) is 14.0. The molecule has 0 spiro atoms. The molecule has 0 amide bonds. The monoisotopic (exact) mass is 215 g/mol. The largest absolute Gasteiger partial charge is 0.481 e. The van der Waals surface area contributed by atoms with Crippen LogP contribution in [0.4, 0.5) is 13.2 Å². The third-order valence-electron chi connectivity index (χ3n) is 1.46. The Morgan fingerprint density at radius 2 is 2.00 bits per heavy atom. The minimum atomic E-state index is -4.63. The highest BCUT2D eigenvalue weighted by Crippen LogP contribution is 2.18. The molecule has 1 unspecified atom stereocenters. The van der Waals surface area contributed by atoms with Crippen LogP contribution in [-0.4, -0.2) is 41.6 Å². The van der Waals surface area contributed by atoms with Gasteiger partial charge in [-0.25, -0.2) is 0 Å². The van der Waals surface area contributed by atoms with Crippen LogP contribution in [0.3, 0.4) is 0 Å². The summed E-state index contributed by atoms with van der Waals surface area (Å²) >= 11 is 0. The van der Waals surface area contributed by atoms with E-state index in [0.29, 0.717) is 0 Å². The number of aliphatic hydroxyl groups is 1. The van der Waals surface area contributed by atoms with Gasteiger partial charge in [0.15, 0.2) is 6.10 Å². The number of aliphatic hydroxyl groups excluding tert-OH is 1. The van der Waals surface area contributed by atoms with E-state index in [1.54, 1.807) is 0 Å². The van der Waals surface area contributed by atoms with Crippen molar-refractivity contribution >= 4 is 5.97 Å². The van der Waals surface area contributed by atoms with Crippen molar-refractivity contribution in [2.75, 3.05) is 13.1 Å². The van der Waals surface area contributed by atoms with E-state index in [2.05, 4.69) is 5.32 Å². The maximum absolute atomic E-state index is 11.7. The minimum absolute atomic E-state index is 0.102. The van der Waals surface area contributed by atoms with Gasteiger partial charge in [0.2, 0.25) is 0 Å². The SMILES string of the molecule is O=C(O)CCCNCC(O)C(F)(F)F. The molecule has 0 heterocycles. The average Bonchev–Trinajstić information content (AvgIpc) is 2.01. The Balaban J connectivity index is 3.41. The molecule has 0 aliphatic heterocycles. The summed E-state index contributed by atoms with van der Waals surface area (Å²) in [6.45, 7) is -0.470. The summed E-state index contributed by atoms with van der Waals surface area (Å²) in [5.41, 5.74) is 0. The molecule has 0 fully saturated rings. The highest BCUT2D eigenvalue weighted by molar-refractivity contribution is 5.66. The van der Waals surface area contributed by atoms with Crippen molar-refractivity contribution < 1.29 is 28.2 Å². The highest BCUT2D eigenvalue weighted by atomic mass is 19.4. The molecule has 3 N–H and O–H groups in total. The van der Waals surface area contributed by atoms with E-state index in [1.807, 2.05) is 0 Å². The van der Waals surface area contributed by atoms with Crippen molar-refractivity contribution in [1.82, 2.24) is 5.32 Å². The van der Waals surface area contributed by atoms with Gasteiger partial charge in [-0.1, -0.05) is 0 Å². The van der Waals surface area contributed by atoms with E-state index in [1.165, 1.54) is 0 Å². The Labute approximate surface area is 78.7 Å². The lowest BCUT2D eigenvalue weighted by molar-refractivity contribution is -0.201. The van der Waals surface area contributed by atoms with Crippen LogP contribution >= 0.6 is 0 Å². The number of halogens is 3. The summed E-state index contributed by atoms with van der Waals surface area (Å²) < 4.78 is 35.1. The summed E-state index contributed by atoms with van der Waals surface area (Å²) in [6, 6.07) is 0. The van der Waals surface area contributed by atoms with Gasteiger partial charge in [-0.3, -0.25) is 4.79 Å². The quantitative estimate of drug-likeness (QED) is 0.560. The summed E-state index contributed by atoms with van der Waals surface area (Å²) in [5.74, 6) is -0.997. The fraction of sp³-hybridized carbons (Fsp3) is 0.857. The summed E-state index contributed by atoms with van der Waals surface area (Å²) in [4.78, 5) is 10.00. The Morgan fingerprint density at radius 1 is 1.43 bits per heavy atom. The molecule has 0 aromatic rings. The molecule has 0 aromatic carbocycles. The number of rotatable bonds is 6. The fourth-order valence-electron chi connectivity index (χ4n) is 0.719. The van der Waals surface area contributed by atoms with Gasteiger partial charge in [0.1, 0.15) is 0 Å². The molecule has 7 heteroatoms. The molecule has 84 valence electrons.